The first-order chi connectivity index (χ1) is 6.33. The van der Waals surface area contributed by atoms with Gasteiger partial charge in [0.1, 0.15) is 0 Å². The monoisotopic (exact) mass is 201 g/mol. The number of nitrogens with one attached hydrogen (secondary N) is 1. The molecule has 84 valence electrons. The van der Waals surface area contributed by atoms with E-state index in [4.69, 9.17) is 5.73 Å². The molecule has 0 atom stereocenters. The minimum Gasteiger partial charge on any atom is -0.370 e. The van der Waals surface area contributed by atoms with Crippen molar-refractivity contribution in [1.82, 2.24) is 10.2 Å². The second kappa shape index (κ2) is 5.98. The largest absolute Gasteiger partial charge is 0.370 e. The molecule has 0 fully saturated rings. The number of rotatable bonds is 7. The Bertz CT molecular complexity index is 178. The average Bonchev–Trinajstić information content (AvgIpc) is 1.95. The highest BCUT2D eigenvalue weighted by Crippen LogP contribution is 2.13. The third-order valence-corrected chi connectivity index (χ3v) is 1.90. The van der Waals surface area contributed by atoms with E-state index in [1.807, 2.05) is 0 Å². The molecule has 0 aromatic carbocycles. The molecule has 0 spiro atoms. The van der Waals surface area contributed by atoms with Gasteiger partial charge >= 0.3 is 0 Å². The van der Waals surface area contributed by atoms with Gasteiger partial charge < -0.3 is 16.0 Å². The lowest BCUT2D eigenvalue weighted by atomic mass is 9.93. The second-order valence-electron chi connectivity index (χ2n) is 4.80. The van der Waals surface area contributed by atoms with Crippen molar-refractivity contribution in [2.45, 2.75) is 20.3 Å². The normalized spacial score (nSPS) is 12.1. The number of nitrogens with zero attached hydrogens (tertiary/aromatic N) is 1. The summed E-state index contributed by atoms with van der Waals surface area (Å²) < 4.78 is 0. The molecule has 1 amide bonds. The van der Waals surface area contributed by atoms with Crippen LogP contribution in [0.4, 0.5) is 0 Å². The highest BCUT2D eigenvalue weighted by molar-refractivity contribution is 5.73. The maximum Gasteiger partial charge on any atom is 0.218 e. The van der Waals surface area contributed by atoms with Gasteiger partial charge in [-0.3, -0.25) is 4.79 Å². The molecule has 0 saturated carbocycles. The summed E-state index contributed by atoms with van der Waals surface area (Å²) in [7, 11) is 4.12. The third kappa shape index (κ3) is 8.01. The topological polar surface area (TPSA) is 58.4 Å². The molecule has 4 heteroatoms. The van der Waals surface area contributed by atoms with Gasteiger partial charge in [-0.05, 0) is 19.5 Å². The molecule has 14 heavy (non-hydrogen) atoms. The van der Waals surface area contributed by atoms with Crippen molar-refractivity contribution >= 4 is 5.91 Å². The molecule has 0 radical (unpaired) electrons. The second-order valence-corrected chi connectivity index (χ2v) is 4.80. The number of hydrogen-bond acceptors (Lipinski definition) is 3. The standard InChI is InChI=1S/C10H23N3O/c1-10(2,8-13(3)4)7-12-6-5-9(11)14/h12H,5-8H2,1-4H3,(H2,11,14). The van der Waals surface area contributed by atoms with Crippen LogP contribution in [-0.2, 0) is 4.79 Å². The predicted molar refractivity (Wildman–Crippen MR) is 59.0 cm³/mol. The van der Waals surface area contributed by atoms with Crippen LogP contribution in [-0.4, -0.2) is 44.5 Å². The first kappa shape index (κ1) is 13.4. The summed E-state index contributed by atoms with van der Waals surface area (Å²) in [6.45, 7) is 7.00. The van der Waals surface area contributed by atoms with E-state index in [2.05, 4.69) is 38.2 Å². The predicted octanol–water partition coefficient (Wildman–Crippen LogP) is 0.0392. The highest BCUT2D eigenvalue weighted by atomic mass is 16.1. The minimum absolute atomic E-state index is 0.223. The van der Waals surface area contributed by atoms with Crippen LogP contribution in [0.5, 0.6) is 0 Å². The number of hydrogen-bond donors (Lipinski definition) is 2. The van der Waals surface area contributed by atoms with Gasteiger partial charge in [0.25, 0.3) is 0 Å². The molecule has 3 N–H and O–H groups in total. The Kier molecular flexibility index (Phi) is 5.72. The van der Waals surface area contributed by atoms with Crippen molar-refractivity contribution in [2.75, 3.05) is 33.7 Å². The lowest BCUT2D eigenvalue weighted by Crippen LogP contribution is -2.38. The first-order valence-electron chi connectivity index (χ1n) is 4.97. The van der Waals surface area contributed by atoms with E-state index in [1.165, 1.54) is 0 Å². The lowest BCUT2D eigenvalue weighted by Gasteiger charge is -2.28. The van der Waals surface area contributed by atoms with Crippen molar-refractivity contribution in [3.05, 3.63) is 0 Å². The number of primary amides is 1. The summed E-state index contributed by atoms with van der Waals surface area (Å²) in [6.07, 6.45) is 0.415. The van der Waals surface area contributed by atoms with Gasteiger partial charge in [-0.2, -0.15) is 0 Å². The van der Waals surface area contributed by atoms with Crippen LogP contribution >= 0.6 is 0 Å². The molecule has 0 rings (SSSR count). The Morgan fingerprint density at radius 2 is 2.00 bits per heavy atom. The summed E-state index contributed by atoms with van der Waals surface area (Å²) in [5.41, 5.74) is 5.26. The van der Waals surface area contributed by atoms with Gasteiger partial charge in [-0.1, -0.05) is 13.8 Å². The molecule has 0 unspecified atom stereocenters. The van der Waals surface area contributed by atoms with E-state index < -0.39 is 0 Å². The summed E-state index contributed by atoms with van der Waals surface area (Å²) in [5.74, 6) is -0.247. The van der Waals surface area contributed by atoms with Crippen LogP contribution in [0.1, 0.15) is 20.3 Å². The van der Waals surface area contributed by atoms with E-state index in [1.54, 1.807) is 0 Å². The number of amides is 1. The Balaban J connectivity index is 3.60. The molecule has 0 aliphatic heterocycles. The van der Waals surface area contributed by atoms with Gasteiger partial charge in [0.2, 0.25) is 5.91 Å². The molecule has 0 bridgehead atoms. The maximum absolute atomic E-state index is 10.5. The van der Waals surface area contributed by atoms with Crippen LogP contribution in [0.25, 0.3) is 0 Å². The fraction of sp³-hybridized carbons (Fsp3) is 0.900. The van der Waals surface area contributed by atoms with Gasteiger partial charge in [0.05, 0.1) is 0 Å². The molecule has 0 aliphatic rings. The van der Waals surface area contributed by atoms with Crippen molar-refractivity contribution in [2.24, 2.45) is 11.1 Å². The van der Waals surface area contributed by atoms with Crippen molar-refractivity contribution < 1.29 is 4.79 Å². The zero-order chi connectivity index (χ0) is 11.2. The quantitative estimate of drug-likeness (QED) is 0.572. The van der Waals surface area contributed by atoms with Gasteiger partial charge in [0, 0.05) is 26.1 Å². The zero-order valence-electron chi connectivity index (χ0n) is 9.76. The number of carbonyl (C=O) groups is 1. The van der Waals surface area contributed by atoms with Crippen LogP contribution < -0.4 is 11.1 Å². The SMILES string of the molecule is CN(C)CC(C)(C)CNCCC(N)=O. The minimum atomic E-state index is -0.247. The van der Waals surface area contributed by atoms with Crippen LogP contribution in [0.3, 0.4) is 0 Å². The molecular formula is C10H23N3O. The molecule has 0 aromatic rings. The average molecular weight is 201 g/mol. The van der Waals surface area contributed by atoms with Gasteiger partial charge in [-0.15, -0.1) is 0 Å². The fourth-order valence-corrected chi connectivity index (χ4v) is 1.55. The van der Waals surface area contributed by atoms with E-state index in [9.17, 15) is 4.79 Å². The summed E-state index contributed by atoms with van der Waals surface area (Å²) >= 11 is 0. The smallest absolute Gasteiger partial charge is 0.218 e. The van der Waals surface area contributed by atoms with E-state index >= 15 is 0 Å². The Morgan fingerprint density at radius 1 is 1.43 bits per heavy atom. The molecule has 0 aliphatic carbocycles. The van der Waals surface area contributed by atoms with Gasteiger partial charge in [0.15, 0.2) is 0 Å². The van der Waals surface area contributed by atoms with Crippen molar-refractivity contribution in [3.63, 3.8) is 0 Å². The summed E-state index contributed by atoms with van der Waals surface area (Å²) in [6, 6.07) is 0. The fourth-order valence-electron chi connectivity index (χ4n) is 1.55. The first-order valence-corrected chi connectivity index (χ1v) is 4.97. The lowest BCUT2D eigenvalue weighted by molar-refractivity contribution is -0.117. The Hall–Kier alpha value is -0.610. The van der Waals surface area contributed by atoms with Gasteiger partial charge in [-0.25, -0.2) is 0 Å². The number of carbonyl (C=O) groups excluding carboxylic acids is 1. The Labute approximate surface area is 86.8 Å². The highest BCUT2D eigenvalue weighted by Gasteiger charge is 2.17. The van der Waals surface area contributed by atoms with Crippen LogP contribution in [0.15, 0.2) is 0 Å². The van der Waals surface area contributed by atoms with E-state index in [0.29, 0.717) is 13.0 Å². The summed E-state index contributed by atoms with van der Waals surface area (Å²) in [4.78, 5) is 12.6. The van der Waals surface area contributed by atoms with Crippen LogP contribution in [0, 0.1) is 5.41 Å². The molecule has 4 nitrogen and oxygen atoms in total. The Morgan fingerprint density at radius 3 is 2.43 bits per heavy atom. The molecule has 0 heterocycles. The maximum atomic E-state index is 10.5. The van der Waals surface area contributed by atoms with Crippen molar-refractivity contribution in [1.29, 1.82) is 0 Å². The zero-order valence-corrected chi connectivity index (χ0v) is 9.76. The van der Waals surface area contributed by atoms with E-state index in [-0.39, 0.29) is 11.3 Å². The van der Waals surface area contributed by atoms with Crippen LogP contribution in [0.2, 0.25) is 0 Å². The summed E-state index contributed by atoms with van der Waals surface area (Å²) in [5, 5.41) is 3.23. The third-order valence-electron chi connectivity index (χ3n) is 1.90. The number of nitrogens with two attached hydrogens (primary N) is 1. The van der Waals surface area contributed by atoms with E-state index in [0.717, 1.165) is 13.1 Å². The van der Waals surface area contributed by atoms with Crippen molar-refractivity contribution in [3.8, 4) is 0 Å². The molecule has 0 aromatic heterocycles. The molecule has 0 saturated heterocycles. The molecular weight excluding hydrogens is 178 g/mol.